The molecule has 0 aliphatic carbocycles. The second-order valence-electron chi connectivity index (χ2n) is 5.24. The number of hydrogen-bond acceptors (Lipinski definition) is 6. The van der Waals surface area contributed by atoms with E-state index in [0.717, 1.165) is 52.4 Å². The molecule has 0 saturated heterocycles. The van der Waals surface area contributed by atoms with Crippen molar-refractivity contribution < 1.29 is 62.6 Å². The van der Waals surface area contributed by atoms with Gasteiger partial charge < -0.3 is 31.5 Å². The molecule has 0 unspecified atom stereocenters. The number of nitrogens with two attached hydrogens (primary N) is 2. The summed E-state index contributed by atoms with van der Waals surface area (Å²) in [4.78, 5) is 22.4. The minimum atomic E-state index is -5.08. The van der Waals surface area contributed by atoms with Crippen LogP contribution in [0.25, 0.3) is 0 Å². The Hall–Kier alpha value is -1.15. The maximum Gasteiger partial charge on any atom is 0.490 e. The van der Waals surface area contributed by atoms with E-state index in [1.165, 1.54) is 0 Å². The van der Waals surface area contributed by atoms with Crippen molar-refractivity contribution in [2.45, 2.75) is 40.0 Å². The van der Waals surface area contributed by atoms with E-state index < -0.39 is 24.3 Å². The maximum atomic E-state index is 10.6. The van der Waals surface area contributed by atoms with Crippen LogP contribution in [0.5, 0.6) is 0 Å². The van der Waals surface area contributed by atoms with Crippen LogP contribution in [0.1, 0.15) is 27.7 Å². The number of carboxylic acids is 2. The van der Waals surface area contributed by atoms with Crippen molar-refractivity contribution in [3.8, 4) is 0 Å². The van der Waals surface area contributed by atoms with E-state index in [-0.39, 0.29) is 16.5 Å². The first-order valence-electron chi connectivity index (χ1n) is 9.03. The smallest absolute Gasteiger partial charge is 0.475 e. The summed E-state index contributed by atoms with van der Waals surface area (Å²) in [7, 11) is 0. The second-order valence-corrected chi connectivity index (χ2v) is 5.24. The van der Waals surface area contributed by atoms with E-state index in [9.17, 15) is 26.3 Å². The Labute approximate surface area is 188 Å². The van der Waals surface area contributed by atoms with Gasteiger partial charge in [0.25, 0.3) is 0 Å². The van der Waals surface area contributed by atoms with Crippen LogP contribution in [-0.2, 0) is 26.1 Å². The Balaban J connectivity index is -0.0000000961. The number of carbonyl (C=O) groups is 2. The predicted octanol–water partition coefficient (Wildman–Crippen LogP) is 1.84. The average molecular weight is 519 g/mol. The summed E-state index contributed by atoms with van der Waals surface area (Å²) in [5.74, 6) is -5.51. The largest absolute Gasteiger partial charge is 0.490 e. The van der Waals surface area contributed by atoms with Gasteiger partial charge in [-0.1, -0.05) is 27.7 Å². The monoisotopic (exact) mass is 518 g/mol. The first-order valence-corrected chi connectivity index (χ1v) is 9.03. The molecule has 0 saturated carbocycles. The SMILES string of the molecule is CCN(CC)CCN.CCN(CC)CCN.O=C(O)C(F)(F)F.O=C(O)C(F)(F)F.[Ni]. The minimum absolute atomic E-state index is 0. The van der Waals surface area contributed by atoms with Crippen LogP contribution in [0.4, 0.5) is 26.3 Å². The third-order valence-electron chi connectivity index (χ3n) is 3.16. The number of rotatable bonds is 8. The molecule has 8 nitrogen and oxygen atoms in total. The summed E-state index contributed by atoms with van der Waals surface area (Å²) in [6, 6.07) is 0. The third-order valence-corrected chi connectivity index (χ3v) is 3.16. The number of halogens is 6. The van der Waals surface area contributed by atoms with Crippen molar-refractivity contribution in [3.63, 3.8) is 0 Å². The maximum absolute atomic E-state index is 10.6. The zero-order valence-electron chi connectivity index (χ0n) is 18.0. The summed E-state index contributed by atoms with van der Waals surface area (Å²) >= 11 is 0. The van der Waals surface area contributed by atoms with Crippen molar-refractivity contribution in [2.24, 2.45) is 11.5 Å². The van der Waals surface area contributed by atoms with E-state index in [4.69, 9.17) is 31.3 Å². The zero-order valence-corrected chi connectivity index (χ0v) is 19.0. The van der Waals surface area contributed by atoms with Crippen molar-refractivity contribution in [1.29, 1.82) is 0 Å². The second kappa shape index (κ2) is 23.5. The Morgan fingerprint density at radius 3 is 0.871 bits per heavy atom. The number of nitrogens with zero attached hydrogens (tertiary/aromatic N) is 2. The van der Waals surface area contributed by atoms with Crippen molar-refractivity contribution >= 4 is 11.9 Å². The van der Waals surface area contributed by atoms with Crippen LogP contribution < -0.4 is 11.5 Å². The molecule has 0 atom stereocenters. The Morgan fingerprint density at radius 1 is 0.677 bits per heavy atom. The number of alkyl halides is 6. The van der Waals surface area contributed by atoms with Gasteiger partial charge in [-0.25, -0.2) is 9.59 Å². The van der Waals surface area contributed by atoms with E-state index in [1.54, 1.807) is 0 Å². The molecule has 0 amide bonds. The van der Waals surface area contributed by atoms with Crippen molar-refractivity contribution in [3.05, 3.63) is 0 Å². The van der Waals surface area contributed by atoms with Crippen LogP contribution >= 0.6 is 0 Å². The van der Waals surface area contributed by atoms with Crippen LogP contribution in [0.3, 0.4) is 0 Å². The van der Waals surface area contributed by atoms with Gasteiger partial charge in [0.1, 0.15) is 0 Å². The molecule has 0 aliphatic rings. The average Bonchev–Trinajstić information content (AvgIpc) is 2.64. The van der Waals surface area contributed by atoms with Gasteiger partial charge in [-0.3, -0.25) is 0 Å². The zero-order chi connectivity index (χ0) is 25.0. The van der Waals surface area contributed by atoms with Crippen LogP contribution in [0.15, 0.2) is 0 Å². The van der Waals surface area contributed by atoms with Gasteiger partial charge in [-0.2, -0.15) is 26.3 Å². The molecular weight excluding hydrogens is 485 g/mol. The molecule has 0 bridgehead atoms. The van der Waals surface area contributed by atoms with Gasteiger partial charge >= 0.3 is 24.3 Å². The van der Waals surface area contributed by atoms with Crippen LogP contribution in [-0.4, -0.2) is 96.7 Å². The van der Waals surface area contributed by atoms with Crippen molar-refractivity contribution in [2.75, 3.05) is 52.4 Å². The minimum Gasteiger partial charge on any atom is -0.475 e. The molecule has 0 rings (SSSR count). The Morgan fingerprint density at radius 2 is 0.839 bits per heavy atom. The predicted molar refractivity (Wildman–Crippen MR) is 101 cm³/mol. The summed E-state index contributed by atoms with van der Waals surface area (Å²) in [6.07, 6.45) is -10.2. The molecule has 31 heavy (non-hydrogen) atoms. The fraction of sp³-hybridized carbons (Fsp3) is 0.875. The molecule has 0 aromatic rings. The van der Waals surface area contributed by atoms with Crippen LogP contribution in [0, 0.1) is 0 Å². The molecule has 0 spiro atoms. The number of carboxylic acid groups (broad SMARTS) is 2. The van der Waals surface area contributed by atoms with E-state index in [2.05, 4.69) is 37.5 Å². The molecule has 0 fully saturated rings. The summed E-state index contributed by atoms with van der Waals surface area (Å²) in [6.45, 7) is 16.7. The molecule has 15 heteroatoms. The Bertz CT molecular complexity index is 384. The van der Waals surface area contributed by atoms with Gasteiger partial charge in [0, 0.05) is 42.7 Å². The van der Waals surface area contributed by atoms with Gasteiger partial charge in [0.05, 0.1) is 0 Å². The molecule has 0 radical (unpaired) electrons. The van der Waals surface area contributed by atoms with Crippen LogP contribution in [0.2, 0.25) is 0 Å². The first kappa shape index (κ1) is 40.2. The number of aliphatic carboxylic acids is 2. The van der Waals surface area contributed by atoms with Gasteiger partial charge in [-0.05, 0) is 26.2 Å². The molecule has 0 heterocycles. The molecule has 0 aliphatic heterocycles. The normalized spacial score (nSPS) is 10.5. The fourth-order valence-electron chi connectivity index (χ4n) is 1.44. The number of hydrogen-bond donors (Lipinski definition) is 4. The third kappa shape index (κ3) is 33.7. The fourth-order valence-corrected chi connectivity index (χ4v) is 1.44. The van der Waals surface area contributed by atoms with E-state index in [0.29, 0.717) is 0 Å². The molecule has 0 aromatic carbocycles. The summed E-state index contributed by atoms with van der Waals surface area (Å²) in [5.41, 5.74) is 10.7. The molecule has 6 N–H and O–H groups in total. The molecular formula is C16H34F6N4NiO4. The van der Waals surface area contributed by atoms with Crippen molar-refractivity contribution in [1.82, 2.24) is 9.80 Å². The Kier molecular flexibility index (Phi) is 30.5. The van der Waals surface area contributed by atoms with Gasteiger partial charge in [0.2, 0.25) is 0 Å². The van der Waals surface area contributed by atoms with Gasteiger partial charge in [0.15, 0.2) is 0 Å². The van der Waals surface area contributed by atoms with E-state index >= 15 is 0 Å². The number of likely N-dealkylation sites (N-methyl/N-ethyl adjacent to an activating group) is 2. The first-order chi connectivity index (χ1) is 13.6. The van der Waals surface area contributed by atoms with E-state index in [1.807, 2.05) is 0 Å². The summed E-state index contributed by atoms with van der Waals surface area (Å²) in [5, 5.41) is 14.2. The summed E-state index contributed by atoms with van der Waals surface area (Å²) < 4.78 is 63.5. The standard InChI is InChI=1S/2C6H16N2.2C2HF3O2.Ni/c2*1-3-8(4-2)6-5-7;2*3-2(4,5)1(6)7;/h2*3-7H2,1-2H3;2*(H,6,7);. The molecule has 0 aromatic heterocycles. The topological polar surface area (TPSA) is 133 Å². The quantitative estimate of drug-likeness (QED) is 0.282. The molecule has 194 valence electrons. The van der Waals surface area contributed by atoms with Gasteiger partial charge in [-0.15, -0.1) is 0 Å².